The number of rotatable bonds is 5. The van der Waals surface area contributed by atoms with E-state index in [0.717, 1.165) is 10.9 Å². The van der Waals surface area contributed by atoms with Gasteiger partial charge in [0.1, 0.15) is 0 Å². The van der Waals surface area contributed by atoms with E-state index < -0.39 is 41.6 Å². The molecule has 0 spiro atoms. The molecule has 0 radical (unpaired) electrons. The van der Waals surface area contributed by atoms with Gasteiger partial charge >= 0.3 is 18.4 Å². The molecule has 2 N–H and O–H groups in total. The number of hydrogen-bond acceptors (Lipinski definition) is 3. The number of halogens is 6. The third kappa shape index (κ3) is 5.53. The van der Waals surface area contributed by atoms with Crippen LogP contribution in [0.3, 0.4) is 0 Å². The summed E-state index contributed by atoms with van der Waals surface area (Å²) >= 11 is -3.23. The normalized spacial score (nSPS) is 14.3. The van der Waals surface area contributed by atoms with Gasteiger partial charge in [-0.3, -0.25) is 4.21 Å². The van der Waals surface area contributed by atoms with Crippen LogP contribution in [-0.2, 0) is 16.7 Å². The van der Waals surface area contributed by atoms with E-state index in [1.54, 1.807) is 0 Å². The van der Waals surface area contributed by atoms with Crippen molar-refractivity contribution in [1.82, 2.24) is 10.7 Å². The Hall–Kier alpha value is -2.02. The molecule has 1 atom stereocenters. The molecule has 1 unspecified atom stereocenters. The summed E-state index contributed by atoms with van der Waals surface area (Å²) < 4.78 is 102. The highest BCUT2D eigenvalue weighted by Gasteiger charge is 2.70. The first-order valence-electron chi connectivity index (χ1n) is 8.18. The quantitative estimate of drug-likeness (QED) is 0.405. The zero-order valence-corrected chi connectivity index (χ0v) is 16.7. The van der Waals surface area contributed by atoms with Crippen molar-refractivity contribution < 1.29 is 39.9 Å². The summed E-state index contributed by atoms with van der Waals surface area (Å²) in [5, 5.41) is 0.836. The SMILES string of the molecule is CCC(NC(=O)NN(c1ccc(C(C)(C)C)cc1)S(=O)[O-])(C(F)(F)F)C(F)(F)F. The van der Waals surface area contributed by atoms with Gasteiger partial charge in [0.15, 0.2) is 0 Å². The van der Waals surface area contributed by atoms with Gasteiger partial charge in [-0.05, 0) is 29.5 Å². The molecule has 0 saturated heterocycles. The minimum atomic E-state index is -5.87. The average Bonchev–Trinajstić information content (AvgIpc) is 2.54. The maximum atomic E-state index is 13.1. The van der Waals surface area contributed by atoms with Crippen molar-refractivity contribution in [2.24, 2.45) is 0 Å². The molecule has 6 nitrogen and oxygen atoms in total. The first-order valence-corrected chi connectivity index (χ1v) is 9.21. The molecule has 0 fully saturated rings. The van der Waals surface area contributed by atoms with Gasteiger partial charge < -0.3 is 9.87 Å². The lowest BCUT2D eigenvalue weighted by atomic mass is 9.87. The van der Waals surface area contributed by atoms with Gasteiger partial charge in [-0.2, -0.15) is 26.3 Å². The summed E-state index contributed by atoms with van der Waals surface area (Å²) in [5.41, 5.74) is -2.76. The van der Waals surface area contributed by atoms with Crippen molar-refractivity contribution in [2.45, 2.75) is 57.4 Å². The molecule has 0 bridgehead atoms. The second kappa shape index (κ2) is 8.38. The third-order valence-corrected chi connectivity index (χ3v) is 4.75. The van der Waals surface area contributed by atoms with Gasteiger partial charge in [-0.15, -0.1) is 0 Å². The third-order valence-electron chi connectivity index (χ3n) is 4.15. The Balaban J connectivity index is 3.17. The Morgan fingerprint density at radius 3 is 1.79 bits per heavy atom. The lowest BCUT2D eigenvalue weighted by Gasteiger charge is -2.38. The number of alkyl halides is 6. The van der Waals surface area contributed by atoms with Crippen LogP contribution in [0.5, 0.6) is 0 Å². The molecule has 2 amide bonds. The number of urea groups is 1. The Labute approximate surface area is 166 Å². The molecule has 1 aromatic carbocycles. The predicted molar refractivity (Wildman–Crippen MR) is 93.3 cm³/mol. The van der Waals surface area contributed by atoms with E-state index in [9.17, 15) is 39.9 Å². The number of hydrogen-bond donors (Lipinski definition) is 2. The summed E-state index contributed by atoms with van der Waals surface area (Å²) in [5.74, 6) is 0. The Morgan fingerprint density at radius 2 is 1.48 bits per heavy atom. The van der Waals surface area contributed by atoms with Crippen molar-refractivity contribution in [1.29, 1.82) is 0 Å². The van der Waals surface area contributed by atoms with E-state index in [1.807, 2.05) is 20.8 Å². The molecule has 0 aliphatic carbocycles. The Kier molecular flexibility index (Phi) is 7.23. The van der Waals surface area contributed by atoms with Crippen LogP contribution in [0.4, 0.5) is 36.8 Å². The van der Waals surface area contributed by atoms with Crippen LogP contribution in [0, 0.1) is 0 Å². The van der Waals surface area contributed by atoms with Gasteiger partial charge in [0.05, 0.1) is 17.0 Å². The molecule has 0 heterocycles. The Bertz CT molecular complexity index is 730. The van der Waals surface area contributed by atoms with Crippen molar-refractivity contribution >= 4 is 23.0 Å². The number of benzene rings is 1. The lowest BCUT2D eigenvalue weighted by molar-refractivity contribution is -0.304. The predicted octanol–water partition coefficient (Wildman–Crippen LogP) is 4.07. The number of amides is 2. The summed E-state index contributed by atoms with van der Waals surface area (Å²) in [6.45, 7) is 6.21. The second-order valence-corrected chi connectivity index (χ2v) is 7.93. The van der Waals surface area contributed by atoms with Crippen molar-refractivity contribution in [3.8, 4) is 0 Å². The van der Waals surface area contributed by atoms with E-state index in [-0.39, 0.29) is 15.5 Å². The molecule has 0 aromatic heterocycles. The first kappa shape index (κ1) is 25.0. The highest BCUT2D eigenvalue weighted by Crippen LogP contribution is 2.45. The molecular weight excluding hydrogens is 428 g/mol. The molecule has 0 aliphatic heterocycles. The number of carbonyl (C=O) groups excluding carboxylic acids is 1. The standard InChI is InChI=1S/C16H21F6N3O3S/c1-5-14(15(17,18)19,16(20,21)22)23-12(26)24-25(29(27)28)11-8-6-10(7-9-11)13(2,3)4/h6-9H,5H2,1-4H3,(H,27,28)(H2,23,24,26)/p-1. The summed E-state index contributed by atoms with van der Waals surface area (Å²) in [6.07, 6.45) is -13.3. The topological polar surface area (TPSA) is 84.5 Å². The van der Waals surface area contributed by atoms with Crippen molar-refractivity contribution in [2.75, 3.05) is 4.41 Å². The number of anilines is 1. The molecule has 13 heteroatoms. The second-order valence-electron chi connectivity index (χ2n) is 7.13. The zero-order chi connectivity index (χ0) is 22.8. The molecule has 1 rings (SSSR count). The van der Waals surface area contributed by atoms with Gasteiger partial charge in [0.25, 0.3) is 0 Å². The van der Waals surface area contributed by atoms with Crippen LogP contribution in [0.15, 0.2) is 24.3 Å². The maximum Gasteiger partial charge on any atom is 0.420 e. The lowest BCUT2D eigenvalue weighted by Crippen LogP contribution is -2.69. The van der Waals surface area contributed by atoms with Crippen LogP contribution in [0.25, 0.3) is 0 Å². The summed E-state index contributed by atoms with van der Waals surface area (Å²) in [6, 6.07) is 3.52. The summed E-state index contributed by atoms with van der Waals surface area (Å²) in [4.78, 5) is 11.9. The highest BCUT2D eigenvalue weighted by atomic mass is 32.2. The van der Waals surface area contributed by atoms with Gasteiger partial charge in [-0.1, -0.05) is 39.8 Å². The minimum Gasteiger partial charge on any atom is -0.754 e. The Morgan fingerprint density at radius 1 is 1.03 bits per heavy atom. The molecule has 1 aromatic rings. The first-order chi connectivity index (χ1) is 13.0. The smallest absolute Gasteiger partial charge is 0.420 e. The van der Waals surface area contributed by atoms with E-state index in [2.05, 4.69) is 0 Å². The zero-order valence-electron chi connectivity index (χ0n) is 15.9. The number of hydrazine groups is 1. The van der Waals surface area contributed by atoms with Gasteiger partial charge in [0, 0.05) is 0 Å². The van der Waals surface area contributed by atoms with Crippen molar-refractivity contribution in [3.63, 3.8) is 0 Å². The number of nitrogens with zero attached hydrogens (tertiary/aromatic N) is 1. The number of carbonyl (C=O) groups is 1. The van der Waals surface area contributed by atoms with Crippen LogP contribution in [0.2, 0.25) is 0 Å². The maximum absolute atomic E-state index is 13.1. The van der Waals surface area contributed by atoms with E-state index in [4.69, 9.17) is 0 Å². The van der Waals surface area contributed by atoms with E-state index in [0.29, 0.717) is 6.92 Å². The van der Waals surface area contributed by atoms with Crippen LogP contribution in [0.1, 0.15) is 39.7 Å². The van der Waals surface area contributed by atoms with E-state index >= 15 is 0 Å². The van der Waals surface area contributed by atoms with Crippen LogP contribution >= 0.6 is 0 Å². The fourth-order valence-electron chi connectivity index (χ4n) is 2.39. The highest BCUT2D eigenvalue weighted by molar-refractivity contribution is 7.80. The fourth-order valence-corrected chi connectivity index (χ4v) is 2.84. The fraction of sp³-hybridized carbons (Fsp3) is 0.562. The monoisotopic (exact) mass is 448 g/mol. The molecule has 29 heavy (non-hydrogen) atoms. The van der Waals surface area contributed by atoms with Crippen LogP contribution in [-0.4, -0.2) is 32.7 Å². The van der Waals surface area contributed by atoms with Crippen molar-refractivity contribution in [3.05, 3.63) is 29.8 Å². The number of nitrogens with one attached hydrogen (secondary N) is 2. The minimum absolute atomic E-state index is 0.120. The summed E-state index contributed by atoms with van der Waals surface area (Å²) in [7, 11) is 0. The molecule has 0 saturated carbocycles. The van der Waals surface area contributed by atoms with Crippen LogP contribution < -0.4 is 15.2 Å². The average molecular weight is 448 g/mol. The van der Waals surface area contributed by atoms with Gasteiger partial charge in [0.2, 0.25) is 5.54 Å². The molecule has 0 aliphatic rings. The van der Waals surface area contributed by atoms with E-state index in [1.165, 1.54) is 29.7 Å². The van der Waals surface area contributed by atoms with Gasteiger partial charge in [-0.25, -0.2) is 14.6 Å². The molecule has 166 valence electrons. The largest absolute Gasteiger partial charge is 0.754 e. The molecular formula is C16H20F6N3O3S-.